The zero-order valence-electron chi connectivity index (χ0n) is 13.5. The molecule has 0 aliphatic rings. The molecule has 3 aromatic rings. The molecule has 1 N–H and O–H groups in total. The summed E-state index contributed by atoms with van der Waals surface area (Å²) in [6.07, 6.45) is 1.79. The molecule has 6 heteroatoms. The summed E-state index contributed by atoms with van der Waals surface area (Å²) in [5.74, 6) is 0.252. The molecular formula is C18H17FN4O. The van der Waals surface area contributed by atoms with Gasteiger partial charge in [-0.2, -0.15) is 0 Å². The van der Waals surface area contributed by atoms with Crippen molar-refractivity contribution < 1.29 is 9.18 Å². The van der Waals surface area contributed by atoms with E-state index in [1.165, 1.54) is 18.5 Å². The summed E-state index contributed by atoms with van der Waals surface area (Å²) in [5.41, 5.74) is 2.40. The minimum absolute atomic E-state index is 0.0491. The first kappa shape index (κ1) is 15.9. The first-order valence-corrected chi connectivity index (χ1v) is 7.49. The molecule has 0 unspecified atom stereocenters. The van der Waals surface area contributed by atoms with Gasteiger partial charge in [0.2, 0.25) is 5.91 Å². The van der Waals surface area contributed by atoms with Gasteiger partial charge in [-0.05, 0) is 35.9 Å². The molecule has 1 amide bonds. The van der Waals surface area contributed by atoms with Crippen LogP contribution in [0.15, 0.2) is 48.8 Å². The maximum absolute atomic E-state index is 13.5. The number of anilines is 2. The first-order chi connectivity index (χ1) is 11.5. The number of nitrogens with one attached hydrogen (secondary N) is 1. The summed E-state index contributed by atoms with van der Waals surface area (Å²) in [5, 5.41) is 3.78. The number of nitrogens with zero attached hydrogens (tertiary/aromatic N) is 3. The maximum Gasteiger partial charge on any atom is 0.226 e. The Kier molecular flexibility index (Phi) is 4.37. The summed E-state index contributed by atoms with van der Waals surface area (Å²) in [7, 11) is 3.47. The van der Waals surface area contributed by atoms with Crippen molar-refractivity contribution in [1.82, 2.24) is 14.9 Å². The number of benzene rings is 2. The number of carbonyl (C=O) groups excluding carboxylic acids is 1. The lowest BCUT2D eigenvalue weighted by Gasteiger charge is -2.11. The van der Waals surface area contributed by atoms with Crippen LogP contribution in [-0.4, -0.2) is 34.9 Å². The van der Waals surface area contributed by atoms with Crippen LogP contribution >= 0.6 is 0 Å². The van der Waals surface area contributed by atoms with Crippen molar-refractivity contribution in [2.45, 2.75) is 6.42 Å². The molecule has 3 rings (SSSR count). The molecule has 0 atom stereocenters. The Morgan fingerprint density at radius 3 is 2.58 bits per heavy atom. The zero-order chi connectivity index (χ0) is 17.1. The second-order valence-corrected chi connectivity index (χ2v) is 5.67. The maximum atomic E-state index is 13.5. The van der Waals surface area contributed by atoms with Crippen LogP contribution in [0.5, 0.6) is 0 Å². The van der Waals surface area contributed by atoms with Gasteiger partial charge in [0.15, 0.2) is 0 Å². The number of hydrogen-bond donors (Lipinski definition) is 1. The van der Waals surface area contributed by atoms with Crippen molar-refractivity contribution in [2.24, 2.45) is 0 Å². The molecule has 0 fully saturated rings. The molecule has 0 saturated heterocycles. The van der Waals surface area contributed by atoms with Crippen molar-refractivity contribution in [2.75, 3.05) is 19.4 Å². The SMILES string of the molecule is CN(C)C(=O)Cc1ccc(Nc2ncnc3ccc(F)cc23)cc1. The molecule has 122 valence electrons. The van der Waals surface area contributed by atoms with E-state index in [9.17, 15) is 9.18 Å². The van der Waals surface area contributed by atoms with Crippen LogP contribution in [0.2, 0.25) is 0 Å². The minimum Gasteiger partial charge on any atom is -0.349 e. The van der Waals surface area contributed by atoms with Crippen molar-refractivity contribution in [3.63, 3.8) is 0 Å². The average Bonchev–Trinajstić information content (AvgIpc) is 2.57. The lowest BCUT2D eigenvalue weighted by atomic mass is 10.1. The van der Waals surface area contributed by atoms with E-state index in [-0.39, 0.29) is 11.7 Å². The Morgan fingerprint density at radius 2 is 1.88 bits per heavy atom. The number of amides is 1. The van der Waals surface area contributed by atoms with Gasteiger partial charge in [-0.25, -0.2) is 14.4 Å². The lowest BCUT2D eigenvalue weighted by molar-refractivity contribution is -0.127. The molecule has 0 spiro atoms. The Morgan fingerprint density at radius 1 is 1.12 bits per heavy atom. The Hall–Kier alpha value is -3.02. The number of aromatic nitrogens is 2. The Balaban J connectivity index is 1.82. The number of fused-ring (bicyclic) bond motifs is 1. The van der Waals surface area contributed by atoms with Crippen LogP contribution in [0.25, 0.3) is 10.9 Å². The van der Waals surface area contributed by atoms with Crippen LogP contribution in [0.3, 0.4) is 0 Å². The third kappa shape index (κ3) is 3.48. The normalized spacial score (nSPS) is 10.6. The number of likely N-dealkylation sites (N-methyl/N-ethyl adjacent to an activating group) is 1. The quantitative estimate of drug-likeness (QED) is 0.801. The van der Waals surface area contributed by atoms with Gasteiger partial charge in [-0.1, -0.05) is 12.1 Å². The van der Waals surface area contributed by atoms with E-state index in [4.69, 9.17) is 0 Å². The van der Waals surface area contributed by atoms with E-state index in [0.29, 0.717) is 23.1 Å². The molecule has 0 saturated carbocycles. The summed E-state index contributed by atoms with van der Waals surface area (Å²) >= 11 is 0. The second kappa shape index (κ2) is 6.62. The third-order valence-electron chi connectivity index (χ3n) is 3.67. The summed E-state index contributed by atoms with van der Waals surface area (Å²) < 4.78 is 13.5. The Labute approximate surface area is 139 Å². The number of rotatable bonds is 4. The van der Waals surface area contributed by atoms with Crippen LogP contribution < -0.4 is 5.32 Å². The third-order valence-corrected chi connectivity index (χ3v) is 3.67. The molecule has 1 aromatic heterocycles. The molecule has 5 nitrogen and oxygen atoms in total. The standard InChI is InChI=1S/C18H17FN4O/c1-23(2)17(24)9-12-3-6-14(7-4-12)22-18-15-10-13(19)5-8-16(15)20-11-21-18/h3-8,10-11H,9H2,1-2H3,(H,20,21,22). The van der Waals surface area contributed by atoms with Crippen molar-refractivity contribution in [3.8, 4) is 0 Å². The largest absolute Gasteiger partial charge is 0.349 e. The zero-order valence-corrected chi connectivity index (χ0v) is 13.5. The van der Waals surface area contributed by atoms with Gasteiger partial charge in [0, 0.05) is 25.2 Å². The predicted octanol–water partition coefficient (Wildman–Crippen LogP) is 3.14. The van der Waals surface area contributed by atoms with Gasteiger partial charge in [0.25, 0.3) is 0 Å². The number of carbonyl (C=O) groups is 1. The highest BCUT2D eigenvalue weighted by Crippen LogP contribution is 2.24. The molecule has 24 heavy (non-hydrogen) atoms. The van der Waals surface area contributed by atoms with E-state index in [0.717, 1.165) is 11.3 Å². The van der Waals surface area contributed by atoms with Gasteiger partial charge < -0.3 is 10.2 Å². The van der Waals surface area contributed by atoms with Gasteiger partial charge in [-0.3, -0.25) is 4.79 Å². The van der Waals surface area contributed by atoms with Crippen LogP contribution in [0.1, 0.15) is 5.56 Å². The molecule has 0 radical (unpaired) electrons. The monoisotopic (exact) mass is 324 g/mol. The molecular weight excluding hydrogens is 307 g/mol. The van der Waals surface area contributed by atoms with Crippen molar-refractivity contribution >= 4 is 28.3 Å². The van der Waals surface area contributed by atoms with Crippen molar-refractivity contribution in [3.05, 3.63) is 60.2 Å². The van der Waals surface area contributed by atoms with Gasteiger partial charge in [0.05, 0.1) is 11.9 Å². The van der Waals surface area contributed by atoms with Gasteiger partial charge in [0.1, 0.15) is 18.0 Å². The van der Waals surface area contributed by atoms with Gasteiger partial charge in [-0.15, -0.1) is 0 Å². The second-order valence-electron chi connectivity index (χ2n) is 5.67. The fraction of sp³-hybridized carbons (Fsp3) is 0.167. The fourth-order valence-corrected chi connectivity index (χ4v) is 2.30. The summed E-state index contributed by atoms with van der Waals surface area (Å²) in [4.78, 5) is 21.6. The lowest BCUT2D eigenvalue weighted by Crippen LogP contribution is -2.23. The van der Waals surface area contributed by atoms with Crippen LogP contribution in [0, 0.1) is 5.82 Å². The average molecular weight is 324 g/mol. The molecule has 0 aliphatic carbocycles. The molecule has 0 bridgehead atoms. The van der Waals surface area contributed by atoms with E-state index in [1.54, 1.807) is 25.1 Å². The number of hydrogen-bond acceptors (Lipinski definition) is 4. The van der Waals surface area contributed by atoms with E-state index in [2.05, 4.69) is 15.3 Å². The number of halogens is 1. The smallest absolute Gasteiger partial charge is 0.226 e. The minimum atomic E-state index is -0.335. The fourth-order valence-electron chi connectivity index (χ4n) is 2.30. The molecule has 0 aliphatic heterocycles. The Bertz CT molecular complexity index is 878. The predicted molar refractivity (Wildman–Crippen MR) is 91.6 cm³/mol. The topological polar surface area (TPSA) is 58.1 Å². The van der Waals surface area contributed by atoms with Crippen molar-refractivity contribution in [1.29, 1.82) is 0 Å². The summed E-state index contributed by atoms with van der Waals surface area (Å²) in [6, 6.07) is 11.9. The molecule has 1 heterocycles. The van der Waals surface area contributed by atoms with E-state index in [1.807, 2.05) is 24.3 Å². The summed E-state index contributed by atoms with van der Waals surface area (Å²) in [6.45, 7) is 0. The van der Waals surface area contributed by atoms with E-state index < -0.39 is 0 Å². The highest BCUT2D eigenvalue weighted by molar-refractivity contribution is 5.90. The van der Waals surface area contributed by atoms with Crippen LogP contribution in [0.4, 0.5) is 15.9 Å². The highest BCUT2D eigenvalue weighted by Gasteiger charge is 2.07. The highest BCUT2D eigenvalue weighted by atomic mass is 19.1. The first-order valence-electron chi connectivity index (χ1n) is 7.49. The van der Waals surface area contributed by atoms with Gasteiger partial charge >= 0.3 is 0 Å². The van der Waals surface area contributed by atoms with E-state index >= 15 is 0 Å². The molecule has 2 aromatic carbocycles. The van der Waals surface area contributed by atoms with Crippen LogP contribution in [-0.2, 0) is 11.2 Å².